The van der Waals surface area contributed by atoms with Crippen molar-refractivity contribution in [2.45, 2.75) is 98.5 Å². The summed E-state index contributed by atoms with van der Waals surface area (Å²) in [5.74, 6) is 1.78. The summed E-state index contributed by atoms with van der Waals surface area (Å²) in [4.78, 5) is 44.9. The fraction of sp³-hybridized carbons (Fsp3) is 0.686. The second-order valence-electron chi connectivity index (χ2n) is 14.8. The first-order chi connectivity index (χ1) is 19.5. The maximum absolute atomic E-state index is 14.3. The van der Waals surface area contributed by atoms with Gasteiger partial charge in [-0.3, -0.25) is 14.4 Å². The van der Waals surface area contributed by atoms with Crippen molar-refractivity contribution in [1.82, 2.24) is 5.48 Å². The Morgan fingerprint density at radius 1 is 0.902 bits per heavy atom. The minimum absolute atomic E-state index is 0.00505. The molecule has 0 bridgehead atoms. The topological polar surface area (TPSA) is 81.7 Å². The number of para-hydroxylation sites is 1. The molecule has 5 aliphatic carbocycles. The third kappa shape index (κ3) is 4.64. The van der Waals surface area contributed by atoms with Crippen LogP contribution < -0.4 is 10.3 Å². The van der Waals surface area contributed by atoms with E-state index in [0.717, 1.165) is 57.8 Å². The number of carbonyl (C=O) groups is 3. The van der Waals surface area contributed by atoms with Gasteiger partial charge in [0.2, 0.25) is 0 Å². The molecule has 0 heterocycles. The van der Waals surface area contributed by atoms with E-state index in [1.54, 1.807) is 0 Å². The van der Waals surface area contributed by atoms with Crippen molar-refractivity contribution in [1.29, 1.82) is 0 Å². The molecule has 4 fully saturated rings. The SMILES string of the molecule is CC(=O)OC1CCC2(C)C(CCC3(C)C4CCC5(C)CCC(C(=O)NOc6ccccc6)CC5C4=CC(=O)C32)C1C. The fourth-order valence-corrected chi connectivity index (χ4v) is 10.6. The van der Waals surface area contributed by atoms with Gasteiger partial charge in [0.05, 0.1) is 0 Å². The molecule has 5 aliphatic rings. The van der Waals surface area contributed by atoms with Crippen molar-refractivity contribution in [2.24, 2.45) is 51.8 Å². The second-order valence-corrected chi connectivity index (χ2v) is 14.8. The number of ketones is 1. The summed E-state index contributed by atoms with van der Waals surface area (Å²) in [6.45, 7) is 10.9. The summed E-state index contributed by atoms with van der Waals surface area (Å²) < 4.78 is 5.74. The smallest absolute Gasteiger partial charge is 0.302 e. The molecule has 0 aromatic heterocycles. The molecule has 222 valence electrons. The summed E-state index contributed by atoms with van der Waals surface area (Å²) in [6.07, 6.45) is 10.8. The van der Waals surface area contributed by atoms with E-state index in [-0.39, 0.29) is 57.9 Å². The highest BCUT2D eigenvalue weighted by Crippen LogP contribution is 2.69. The van der Waals surface area contributed by atoms with E-state index >= 15 is 0 Å². The van der Waals surface area contributed by atoms with E-state index in [1.165, 1.54) is 12.5 Å². The predicted octanol–water partition coefficient (Wildman–Crippen LogP) is 6.84. The maximum atomic E-state index is 14.3. The van der Waals surface area contributed by atoms with Gasteiger partial charge in [-0.05, 0) is 116 Å². The Labute approximate surface area is 245 Å². The summed E-state index contributed by atoms with van der Waals surface area (Å²) in [6, 6.07) is 9.35. The molecule has 10 atom stereocenters. The number of carbonyl (C=O) groups excluding carboxylic acids is 3. The Morgan fingerprint density at radius 2 is 1.61 bits per heavy atom. The molecule has 1 N–H and O–H groups in total. The lowest BCUT2D eigenvalue weighted by Gasteiger charge is -2.65. The lowest BCUT2D eigenvalue weighted by atomic mass is 9.38. The minimum atomic E-state index is -0.205. The van der Waals surface area contributed by atoms with E-state index in [2.05, 4.69) is 39.3 Å². The van der Waals surface area contributed by atoms with Gasteiger partial charge in [-0.15, -0.1) is 0 Å². The van der Waals surface area contributed by atoms with Crippen LogP contribution in [0.3, 0.4) is 0 Å². The van der Waals surface area contributed by atoms with Crippen LogP contribution in [0, 0.1) is 51.8 Å². The summed E-state index contributed by atoms with van der Waals surface area (Å²) >= 11 is 0. The molecule has 0 saturated heterocycles. The van der Waals surface area contributed by atoms with Crippen LogP contribution in [0.2, 0.25) is 0 Å². The Morgan fingerprint density at radius 3 is 2.34 bits per heavy atom. The molecular formula is C35H47NO5. The molecule has 10 unspecified atom stereocenters. The van der Waals surface area contributed by atoms with Gasteiger partial charge < -0.3 is 9.57 Å². The van der Waals surface area contributed by atoms with Crippen LogP contribution in [0.4, 0.5) is 0 Å². The minimum Gasteiger partial charge on any atom is -0.462 e. The van der Waals surface area contributed by atoms with Crippen molar-refractivity contribution >= 4 is 17.7 Å². The quantitative estimate of drug-likeness (QED) is 0.322. The highest BCUT2D eigenvalue weighted by molar-refractivity contribution is 5.95. The van der Waals surface area contributed by atoms with E-state index in [9.17, 15) is 14.4 Å². The molecule has 0 radical (unpaired) electrons. The monoisotopic (exact) mass is 561 g/mol. The summed E-state index contributed by atoms with van der Waals surface area (Å²) in [5, 5.41) is 0. The third-order valence-electron chi connectivity index (χ3n) is 12.7. The molecule has 0 spiro atoms. The van der Waals surface area contributed by atoms with Crippen LogP contribution in [0.25, 0.3) is 0 Å². The zero-order chi connectivity index (χ0) is 29.2. The number of hydrogen-bond donors (Lipinski definition) is 1. The molecule has 1 aromatic carbocycles. The molecule has 6 rings (SSSR count). The van der Waals surface area contributed by atoms with Crippen molar-refractivity contribution in [3.63, 3.8) is 0 Å². The number of amides is 1. The van der Waals surface area contributed by atoms with Crippen molar-refractivity contribution in [3.8, 4) is 5.75 Å². The molecule has 1 aromatic rings. The Kier molecular flexibility index (Phi) is 7.14. The molecular weight excluding hydrogens is 514 g/mol. The number of allylic oxidation sites excluding steroid dienone is 2. The number of rotatable bonds is 4. The fourth-order valence-electron chi connectivity index (χ4n) is 10.6. The normalized spacial score (nSPS) is 43.3. The first-order valence-electron chi connectivity index (χ1n) is 15.9. The van der Waals surface area contributed by atoms with Crippen LogP contribution in [0.15, 0.2) is 42.0 Å². The van der Waals surface area contributed by atoms with Gasteiger partial charge in [0, 0.05) is 18.8 Å². The lowest BCUT2D eigenvalue weighted by molar-refractivity contribution is -0.180. The van der Waals surface area contributed by atoms with Gasteiger partial charge in [0.25, 0.3) is 5.91 Å². The average molecular weight is 562 g/mol. The number of esters is 1. The maximum Gasteiger partial charge on any atom is 0.302 e. The molecule has 0 aliphatic heterocycles. The zero-order valence-corrected chi connectivity index (χ0v) is 25.4. The zero-order valence-electron chi connectivity index (χ0n) is 25.4. The van der Waals surface area contributed by atoms with Crippen LogP contribution in [-0.4, -0.2) is 23.8 Å². The Bertz CT molecular complexity index is 1240. The van der Waals surface area contributed by atoms with Crippen molar-refractivity contribution < 1.29 is 24.0 Å². The molecule has 4 saturated carbocycles. The van der Waals surface area contributed by atoms with E-state index in [1.807, 2.05) is 30.3 Å². The number of benzene rings is 1. The van der Waals surface area contributed by atoms with Gasteiger partial charge in [-0.1, -0.05) is 51.5 Å². The van der Waals surface area contributed by atoms with Crippen molar-refractivity contribution in [3.05, 3.63) is 42.0 Å². The third-order valence-corrected chi connectivity index (χ3v) is 12.7. The standard InChI is InChI=1S/C35H47NO5/c1-21-26-13-17-35(5)27-12-16-33(3)15-11-23(32(39)36-41-24-9-7-6-8-10-24)19-28(33)25(27)20-29(38)31(35)34(26,4)18-14-30(21)40-22(2)37/h6-10,20-21,23,26-28,30-31H,11-19H2,1-5H3,(H,36,39). The van der Waals surface area contributed by atoms with Crippen LogP contribution in [0.5, 0.6) is 5.75 Å². The van der Waals surface area contributed by atoms with Crippen LogP contribution in [-0.2, 0) is 19.1 Å². The van der Waals surface area contributed by atoms with E-state index in [0.29, 0.717) is 23.4 Å². The van der Waals surface area contributed by atoms with Gasteiger partial charge in [-0.2, -0.15) is 5.48 Å². The Balaban J connectivity index is 1.25. The number of ether oxygens (including phenoxy) is 1. The predicted molar refractivity (Wildman–Crippen MR) is 156 cm³/mol. The first-order valence-corrected chi connectivity index (χ1v) is 15.9. The molecule has 6 heteroatoms. The van der Waals surface area contributed by atoms with Gasteiger partial charge >= 0.3 is 5.97 Å². The average Bonchev–Trinajstić information content (AvgIpc) is 2.93. The van der Waals surface area contributed by atoms with Crippen molar-refractivity contribution in [2.75, 3.05) is 0 Å². The summed E-state index contributed by atoms with van der Waals surface area (Å²) in [5.41, 5.74) is 3.99. The molecule has 6 nitrogen and oxygen atoms in total. The number of nitrogens with one attached hydrogen (secondary N) is 1. The van der Waals surface area contributed by atoms with Gasteiger partial charge in [-0.25, -0.2) is 0 Å². The van der Waals surface area contributed by atoms with Crippen LogP contribution >= 0.6 is 0 Å². The highest BCUT2D eigenvalue weighted by Gasteiger charge is 2.65. The number of fused-ring (bicyclic) bond motifs is 7. The van der Waals surface area contributed by atoms with Gasteiger partial charge in [0.1, 0.15) is 6.10 Å². The second kappa shape index (κ2) is 10.3. The first kappa shape index (κ1) is 28.5. The van der Waals surface area contributed by atoms with E-state index in [4.69, 9.17) is 9.57 Å². The lowest BCUT2D eigenvalue weighted by Crippen LogP contribution is -2.62. The Hall–Kier alpha value is -2.63. The highest BCUT2D eigenvalue weighted by atomic mass is 16.7. The summed E-state index contributed by atoms with van der Waals surface area (Å²) in [7, 11) is 0. The van der Waals surface area contributed by atoms with Crippen LogP contribution in [0.1, 0.15) is 92.4 Å². The number of hydrogen-bond acceptors (Lipinski definition) is 5. The number of hydroxylamine groups is 1. The molecule has 1 amide bonds. The van der Waals surface area contributed by atoms with Gasteiger partial charge in [0.15, 0.2) is 11.5 Å². The largest absolute Gasteiger partial charge is 0.462 e. The van der Waals surface area contributed by atoms with E-state index < -0.39 is 0 Å². The molecule has 41 heavy (non-hydrogen) atoms.